The monoisotopic (exact) mass is 427 g/mol. The molecule has 2 fully saturated rings. The fourth-order valence-corrected chi connectivity index (χ4v) is 4.20. The highest BCUT2D eigenvalue weighted by atomic mass is 35.5. The van der Waals surface area contributed by atoms with Crippen LogP contribution in [0.2, 0.25) is 5.02 Å². The second-order valence-electron chi connectivity index (χ2n) is 7.35. The number of piperidine rings is 1. The maximum atomic E-state index is 14.1. The molecule has 0 bridgehead atoms. The molecule has 0 aromatic heterocycles. The number of anilines is 1. The van der Waals surface area contributed by atoms with Gasteiger partial charge in [0, 0.05) is 45.5 Å². The summed E-state index contributed by atoms with van der Waals surface area (Å²) >= 11 is 5.79. The number of methoxy groups -OCH3 is 1. The summed E-state index contributed by atoms with van der Waals surface area (Å²) < 4.78 is 24.6. The summed E-state index contributed by atoms with van der Waals surface area (Å²) in [6.07, 6.45) is 3.11. The van der Waals surface area contributed by atoms with E-state index in [0.29, 0.717) is 26.3 Å². The first-order chi connectivity index (χ1) is 14.0. The first-order valence-electron chi connectivity index (χ1n) is 9.89. The number of nitrogens with zero attached hydrogens (tertiary/aromatic N) is 2. The van der Waals surface area contributed by atoms with E-state index in [4.69, 9.17) is 21.1 Å². The Labute approximate surface area is 175 Å². The summed E-state index contributed by atoms with van der Waals surface area (Å²) in [5.41, 5.74) is 0.0429. The molecule has 160 valence electrons. The highest BCUT2D eigenvalue weighted by Crippen LogP contribution is 2.26. The van der Waals surface area contributed by atoms with Gasteiger partial charge in [-0.2, -0.15) is 0 Å². The molecule has 1 aromatic rings. The maximum absolute atomic E-state index is 14.1. The van der Waals surface area contributed by atoms with Crippen LogP contribution in [0.5, 0.6) is 0 Å². The molecule has 3 amide bonds. The van der Waals surface area contributed by atoms with Crippen molar-refractivity contribution in [1.29, 1.82) is 0 Å². The second-order valence-corrected chi connectivity index (χ2v) is 7.76. The minimum atomic E-state index is -0.657. The van der Waals surface area contributed by atoms with Crippen molar-refractivity contribution in [3.05, 3.63) is 29.0 Å². The highest BCUT2D eigenvalue weighted by Gasteiger charge is 2.35. The Balaban J connectivity index is 1.70. The fraction of sp³-hybridized carbons (Fsp3) is 0.600. The first-order valence-corrected chi connectivity index (χ1v) is 10.3. The number of nitrogens with one attached hydrogen (secondary N) is 1. The number of carbonyl (C=O) groups excluding carboxylic acids is 2. The Morgan fingerprint density at radius 2 is 2.07 bits per heavy atom. The largest absolute Gasteiger partial charge is 0.381 e. The summed E-state index contributed by atoms with van der Waals surface area (Å²) in [6.45, 7) is 2.18. The maximum Gasteiger partial charge on any atom is 0.321 e. The van der Waals surface area contributed by atoms with E-state index in [1.165, 1.54) is 19.2 Å². The molecule has 0 spiro atoms. The molecule has 1 aromatic carbocycles. The lowest BCUT2D eigenvalue weighted by molar-refractivity contribution is -0.143. The quantitative estimate of drug-likeness (QED) is 0.783. The van der Waals surface area contributed by atoms with Gasteiger partial charge in [-0.05, 0) is 37.8 Å². The third-order valence-corrected chi connectivity index (χ3v) is 5.70. The molecule has 1 atom stereocenters. The number of urea groups is 1. The normalized spacial score (nSPS) is 20.4. The minimum absolute atomic E-state index is 0.00772. The van der Waals surface area contributed by atoms with Gasteiger partial charge in [-0.25, -0.2) is 9.18 Å². The molecule has 2 aliphatic heterocycles. The van der Waals surface area contributed by atoms with Crippen LogP contribution in [0.3, 0.4) is 0 Å². The molecule has 29 heavy (non-hydrogen) atoms. The van der Waals surface area contributed by atoms with Gasteiger partial charge in [0.2, 0.25) is 5.91 Å². The molecule has 0 aliphatic carbocycles. The number of hydrogen-bond acceptors (Lipinski definition) is 4. The topological polar surface area (TPSA) is 71.1 Å². The van der Waals surface area contributed by atoms with Gasteiger partial charge in [-0.15, -0.1) is 0 Å². The first kappa shape index (κ1) is 21.8. The van der Waals surface area contributed by atoms with Crippen molar-refractivity contribution in [3.8, 4) is 0 Å². The van der Waals surface area contributed by atoms with Crippen LogP contribution in [0.4, 0.5) is 14.9 Å². The van der Waals surface area contributed by atoms with E-state index >= 15 is 0 Å². The molecule has 0 saturated carbocycles. The van der Waals surface area contributed by atoms with Gasteiger partial charge in [-0.3, -0.25) is 4.79 Å². The van der Waals surface area contributed by atoms with Crippen LogP contribution in [-0.4, -0.2) is 73.8 Å². The number of rotatable bonds is 5. The third-order valence-electron chi connectivity index (χ3n) is 5.41. The third kappa shape index (κ3) is 5.38. The molecule has 0 radical (unpaired) electrons. The van der Waals surface area contributed by atoms with Crippen LogP contribution >= 0.6 is 11.6 Å². The minimum Gasteiger partial charge on any atom is -0.381 e. The number of ether oxygens (including phenoxy) is 2. The summed E-state index contributed by atoms with van der Waals surface area (Å²) in [7, 11) is 1.50. The van der Waals surface area contributed by atoms with Gasteiger partial charge >= 0.3 is 6.03 Å². The Kier molecular flexibility index (Phi) is 7.69. The van der Waals surface area contributed by atoms with Crippen molar-refractivity contribution in [2.24, 2.45) is 0 Å². The summed E-state index contributed by atoms with van der Waals surface area (Å²) in [5.74, 6) is -0.734. The average molecular weight is 428 g/mol. The fourth-order valence-electron chi connectivity index (χ4n) is 4.03. The number of carbonyl (C=O) groups is 2. The smallest absolute Gasteiger partial charge is 0.321 e. The lowest BCUT2D eigenvalue weighted by Gasteiger charge is -2.44. The molecule has 1 unspecified atom stereocenters. The van der Waals surface area contributed by atoms with Crippen LogP contribution < -0.4 is 5.32 Å². The van der Waals surface area contributed by atoms with E-state index in [0.717, 1.165) is 25.7 Å². The van der Waals surface area contributed by atoms with Crippen LogP contribution in [0, 0.1) is 5.82 Å². The number of hydrogen-bond donors (Lipinski definition) is 1. The number of amides is 3. The zero-order chi connectivity index (χ0) is 20.8. The van der Waals surface area contributed by atoms with Crippen LogP contribution in [0.15, 0.2) is 18.2 Å². The molecule has 1 N–H and O–H groups in total. The molecule has 2 saturated heterocycles. The van der Waals surface area contributed by atoms with Gasteiger partial charge in [0.25, 0.3) is 0 Å². The number of likely N-dealkylation sites (tertiary alicyclic amines) is 1. The average Bonchev–Trinajstić information content (AvgIpc) is 2.73. The van der Waals surface area contributed by atoms with Crippen LogP contribution in [0.1, 0.15) is 25.7 Å². The predicted molar refractivity (Wildman–Crippen MR) is 108 cm³/mol. The molecule has 2 aliphatic rings. The molecule has 7 nitrogen and oxygen atoms in total. The van der Waals surface area contributed by atoms with Gasteiger partial charge < -0.3 is 24.6 Å². The van der Waals surface area contributed by atoms with E-state index in [2.05, 4.69) is 5.32 Å². The molecular formula is C20H27ClFN3O4. The van der Waals surface area contributed by atoms with Crippen molar-refractivity contribution < 1.29 is 23.5 Å². The van der Waals surface area contributed by atoms with Gasteiger partial charge in [0.05, 0.1) is 10.7 Å². The van der Waals surface area contributed by atoms with Gasteiger partial charge in [0.15, 0.2) is 5.82 Å². The SMILES string of the molecule is COCC(=O)N(C1CCOCC1)C1CCCN(C(=O)Nc2cccc(Cl)c2F)C1. The van der Waals surface area contributed by atoms with Crippen molar-refractivity contribution in [2.45, 2.75) is 37.8 Å². The van der Waals surface area contributed by atoms with Crippen LogP contribution in [-0.2, 0) is 14.3 Å². The zero-order valence-corrected chi connectivity index (χ0v) is 17.3. The summed E-state index contributed by atoms with van der Waals surface area (Å²) in [5, 5.41) is 2.55. The molecular weight excluding hydrogens is 401 g/mol. The zero-order valence-electron chi connectivity index (χ0n) is 16.5. The van der Waals surface area contributed by atoms with E-state index in [1.807, 2.05) is 4.90 Å². The Hall–Kier alpha value is -1.90. The number of benzene rings is 1. The molecule has 2 heterocycles. The van der Waals surface area contributed by atoms with E-state index in [1.54, 1.807) is 11.0 Å². The van der Waals surface area contributed by atoms with Gasteiger partial charge in [-0.1, -0.05) is 17.7 Å². The lowest BCUT2D eigenvalue weighted by atomic mass is 9.98. The van der Waals surface area contributed by atoms with E-state index < -0.39 is 11.8 Å². The van der Waals surface area contributed by atoms with Crippen molar-refractivity contribution in [2.75, 3.05) is 45.3 Å². The van der Waals surface area contributed by atoms with E-state index in [-0.39, 0.29) is 35.3 Å². The van der Waals surface area contributed by atoms with Crippen molar-refractivity contribution >= 4 is 29.2 Å². The standard InChI is InChI=1S/C20H27ClFN3O4/c1-28-13-18(26)25(14-7-10-29-11-8-14)15-4-3-9-24(12-15)20(27)23-17-6-2-5-16(21)19(17)22/h2,5-6,14-15H,3-4,7-13H2,1H3,(H,23,27). The van der Waals surface area contributed by atoms with Crippen LogP contribution in [0.25, 0.3) is 0 Å². The van der Waals surface area contributed by atoms with E-state index in [9.17, 15) is 14.0 Å². The molecule has 3 rings (SSSR count). The Morgan fingerprint density at radius 3 is 2.79 bits per heavy atom. The Bertz CT molecular complexity index is 730. The second kappa shape index (κ2) is 10.2. The Morgan fingerprint density at radius 1 is 1.31 bits per heavy atom. The lowest BCUT2D eigenvalue weighted by Crippen LogP contribution is -2.57. The predicted octanol–water partition coefficient (Wildman–Crippen LogP) is 3.13. The van der Waals surface area contributed by atoms with Crippen molar-refractivity contribution in [1.82, 2.24) is 9.80 Å². The van der Waals surface area contributed by atoms with Crippen molar-refractivity contribution in [3.63, 3.8) is 0 Å². The van der Waals surface area contributed by atoms with Gasteiger partial charge in [0.1, 0.15) is 6.61 Å². The highest BCUT2D eigenvalue weighted by molar-refractivity contribution is 6.31. The summed E-state index contributed by atoms with van der Waals surface area (Å²) in [4.78, 5) is 29.0. The summed E-state index contributed by atoms with van der Waals surface area (Å²) in [6, 6.07) is 4.04. The molecule has 9 heteroatoms. The number of halogens is 2.